The quantitative estimate of drug-likeness (QED) is 0.0167. The number of aliphatic hydroxyl groups is 2. The van der Waals surface area contributed by atoms with Crippen LogP contribution in [-0.2, 0) is 43.8 Å². The van der Waals surface area contributed by atoms with Gasteiger partial charge in [-0.15, -0.1) is 5.34 Å². The van der Waals surface area contributed by atoms with Crippen molar-refractivity contribution < 1.29 is 130 Å². The van der Waals surface area contributed by atoms with Crippen molar-refractivity contribution in [3.63, 3.8) is 0 Å². The molecule has 0 saturated heterocycles. The number of aliphatic hydroxyl groups excluding tert-OH is 2. The summed E-state index contributed by atoms with van der Waals surface area (Å²) >= 11 is 0. The first-order valence-electron chi connectivity index (χ1n) is 29.9. The van der Waals surface area contributed by atoms with E-state index in [1.807, 2.05) is 111 Å². The van der Waals surface area contributed by atoms with Crippen LogP contribution < -0.4 is 57.0 Å². The third-order valence-corrected chi connectivity index (χ3v) is 10.7. The zero-order valence-electron chi connectivity index (χ0n) is 57.8. The smallest absolute Gasteiger partial charge is 0.480 e. The number of nitrogens with zero attached hydrogens (tertiary/aromatic N) is 1. The average molecular weight is 1380 g/mol. The molecule has 2 aromatic rings. The number of carbonyl (C=O) groups excluding carboxylic acids is 5. The van der Waals surface area contributed by atoms with E-state index >= 15 is 0 Å². The first-order valence-corrected chi connectivity index (χ1v) is 31.3. The Bertz CT molecular complexity index is 2420. The fourth-order valence-corrected chi connectivity index (χ4v) is 6.20. The van der Waals surface area contributed by atoms with Crippen LogP contribution in [0.2, 0.25) is 0 Å². The summed E-state index contributed by atoms with van der Waals surface area (Å²) in [6.45, 7) is 37.9. The van der Waals surface area contributed by atoms with E-state index in [1.54, 1.807) is 6.07 Å². The zero-order chi connectivity index (χ0) is 73.4. The molecule has 0 aromatic heterocycles. The SMILES string of the molecule is C.CC(C)CN.CC(C)CNC(=O)[C@@H](O)CC(C)C.CC(C)CNC(=O)[C@H](CC(C)C)OC(=O)c1cccc(C(=O)O[C@@H](CC(C)C)C(=O)NCC(C)C)c1.CC(C)C[C@H](N)C(=O)O.CC(C)C[C@H](O)C(=O)O.O=C(O)c1cccc(C(=O)O)c1.O=N[O-].O=S(=O)(O)O.[Na+]. The number of aliphatic carboxylic acids is 2. The number of ether oxygens (including phenoxy) is 2. The van der Waals surface area contributed by atoms with Gasteiger partial charge in [-0.1, -0.05) is 144 Å². The largest absolute Gasteiger partial charge is 1.00 e. The molecule has 0 heterocycles. The third kappa shape index (κ3) is 68.6. The predicted molar refractivity (Wildman–Crippen MR) is 355 cm³/mol. The molecule has 5 atom stereocenters. The second-order valence-electron chi connectivity index (χ2n) is 24.6. The van der Waals surface area contributed by atoms with E-state index in [1.165, 1.54) is 36.4 Å². The molecule has 3 amide bonds. The van der Waals surface area contributed by atoms with Crippen LogP contribution in [0, 0.1) is 63.4 Å². The molecule has 94 heavy (non-hydrogen) atoms. The summed E-state index contributed by atoms with van der Waals surface area (Å²) in [4.78, 5) is 111. The number of benzene rings is 2. The van der Waals surface area contributed by atoms with Crippen LogP contribution in [0.5, 0.6) is 0 Å². The number of carboxylic acid groups (broad SMARTS) is 4. The van der Waals surface area contributed by atoms with E-state index in [0.29, 0.717) is 75.4 Å². The number of rotatable bonds is 28. The maximum Gasteiger partial charge on any atom is 1.00 e. The molecule has 0 unspecified atom stereocenters. The molecule has 0 bridgehead atoms. The van der Waals surface area contributed by atoms with Gasteiger partial charge in [0.05, 0.1) is 22.3 Å². The van der Waals surface area contributed by atoms with Crippen molar-refractivity contribution in [2.24, 2.45) is 70.1 Å². The Hall–Kier alpha value is -6.22. The van der Waals surface area contributed by atoms with Gasteiger partial charge < -0.3 is 77.6 Å². The topological polar surface area (TPSA) is 509 Å². The molecule has 0 aliphatic rings. The molecule has 0 saturated carbocycles. The molecule has 31 heteroatoms. The Morgan fingerprint density at radius 2 is 0.734 bits per heavy atom. The van der Waals surface area contributed by atoms with Crippen molar-refractivity contribution in [2.75, 3.05) is 26.2 Å². The summed E-state index contributed by atoms with van der Waals surface area (Å²) in [5.74, 6) is -3.83. The molecule has 29 nitrogen and oxygen atoms in total. The summed E-state index contributed by atoms with van der Waals surface area (Å²) in [6, 6.07) is 10.4. The van der Waals surface area contributed by atoms with Gasteiger partial charge in [-0.25, -0.2) is 24.0 Å². The van der Waals surface area contributed by atoms with Gasteiger partial charge in [0.15, 0.2) is 18.3 Å². The Balaban J connectivity index is -0.000000174. The standard InChI is InChI=1S/C28H44N2O6.C10H21NO2.C8H6O4.C6H13NO2.C6H12O3.C4H11N.CH4.HNO2.Na.H2O4S/c1-17(2)12-23(25(31)29-15-19(5)6)35-27(33)21-10-9-11-22(14-21)28(34)36-24(13-18(3)4)26(32)30-16-20(7)8;1-7(2)5-9(12)10(13)11-6-8(3)4;9-7(10)5-2-1-3-6(4-5)8(11)12;2*1-4(2)3-5(7)6(8)9;1-4(2)3-5;;2-1-3;;1-5(2,3)4/h9-11,14,17-20,23-24H,12-13,15-16H2,1-8H3,(H,29,31)(H,30,32);7-9,12H,5-6H2,1-4H3,(H,11,13);1-4H,(H,9,10)(H,11,12);4-5H,3,7H2,1-2H3,(H,8,9);4-5,7H,3H2,1-2H3,(H,8,9);4H,3,5H2,1-2H3;1H4;(H,2,3);;(H2,1,2,3,4)/q;;;;;;;;+1;/p-1/t23-,24-;9-;;2*5-;;;;;/m00.00...../s1. The van der Waals surface area contributed by atoms with Crippen LogP contribution in [0.25, 0.3) is 0 Å². The number of esters is 2. The first-order chi connectivity index (χ1) is 42.1. The van der Waals surface area contributed by atoms with E-state index in [9.17, 15) is 48.3 Å². The molecular weight excluding hydrogens is 1260 g/mol. The van der Waals surface area contributed by atoms with Crippen molar-refractivity contribution in [1.29, 1.82) is 0 Å². The number of hydrogen-bond donors (Lipinski definition) is 13. The Morgan fingerprint density at radius 1 is 0.479 bits per heavy atom. The molecule has 0 fully saturated rings. The zero-order valence-corrected chi connectivity index (χ0v) is 60.6. The van der Waals surface area contributed by atoms with Gasteiger partial charge in [-0.3, -0.25) is 28.3 Å². The van der Waals surface area contributed by atoms with Crippen LogP contribution in [0.3, 0.4) is 0 Å². The number of hydrogen-bond acceptors (Lipinski definition) is 20. The van der Waals surface area contributed by atoms with Crippen molar-refractivity contribution in [2.45, 2.75) is 195 Å². The number of carboxylic acids is 4. The predicted octanol–water partition coefficient (Wildman–Crippen LogP) is 5.38. The van der Waals surface area contributed by atoms with Crippen LogP contribution in [0.1, 0.15) is 206 Å². The average Bonchev–Trinajstić information content (AvgIpc) is 0.926. The number of nitrogens with one attached hydrogen (secondary N) is 3. The summed E-state index contributed by atoms with van der Waals surface area (Å²) in [6.07, 6.45) is -1.75. The van der Waals surface area contributed by atoms with Crippen molar-refractivity contribution >= 4 is 63.9 Å². The van der Waals surface area contributed by atoms with Gasteiger partial charge >= 0.3 is 75.8 Å². The van der Waals surface area contributed by atoms with Gasteiger partial charge in [-0.2, -0.15) is 8.42 Å². The minimum absolute atomic E-state index is 0. The molecule has 0 aliphatic heterocycles. The van der Waals surface area contributed by atoms with Gasteiger partial charge in [0.25, 0.3) is 11.8 Å². The summed E-state index contributed by atoms with van der Waals surface area (Å²) in [5.41, 5.74) is 10.6. The fourth-order valence-electron chi connectivity index (χ4n) is 6.20. The van der Waals surface area contributed by atoms with Crippen LogP contribution in [-0.4, -0.2) is 158 Å². The Morgan fingerprint density at radius 3 is 0.947 bits per heavy atom. The van der Waals surface area contributed by atoms with E-state index in [2.05, 4.69) is 29.8 Å². The third-order valence-electron chi connectivity index (χ3n) is 10.7. The van der Waals surface area contributed by atoms with Gasteiger partial charge in [0.2, 0.25) is 5.91 Å². The second kappa shape index (κ2) is 59.3. The molecule has 0 aliphatic carbocycles. The van der Waals surface area contributed by atoms with Gasteiger partial charge in [0.1, 0.15) is 12.1 Å². The van der Waals surface area contributed by atoms with Crippen molar-refractivity contribution in [3.05, 3.63) is 80.9 Å². The Labute approximate surface area is 578 Å². The molecule has 540 valence electrons. The second-order valence-corrected chi connectivity index (χ2v) is 25.5. The van der Waals surface area contributed by atoms with Gasteiger partial charge in [-0.05, 0) is 128 Å². The first kappa shape index (κ1) is 104. The molecular formula is C63H113N6NaO23S. The summed E-state index contributed by atoms with van der Waals surface area (Å²) in [7, 11) is -4.67. The summed E-state index contributed by atoms with van der Waals surface area (Å²) in [5, 5.41) is 68.9. The van der Waals surface area contributed by atoms with E-state index in [0.717, 1.165) is 18.0 Å². The minimum atomic E-state index is -4.67. The van der Waals surface area contributed by atoms with Crippen LogP contribution in [0.15, 0.2) is 53.9 Å². The normalized spacial score (nSPS) is 11.9. The molecule has 2 aromatic carbocycles. The number of carbonyl (C=O) groups is 9. The number of nitrogens with two attached hydrogens (primary N) is 2. The number of amides is 3. The van der Waals surface area contributed by atoms with E-state index < -0.39 is 76.7 Å². The molecule has 15 N–H and O–H groups in total. The number of aromatic carboxylic acids is 2. The maximum atomic E-state index is 12.9. The van der Waals surface area contributed by atoms with Crippen molar-refractivity contribution in [1.82, 2.24) is 16.0 Å². The maximum absolute atomic E-state index is 12.9. The van der Waals surface area contributed by atoms with Crippen LogP contribution in [0.4, 0.5) is 0 Å². The van der Waals surface area contributed by atoms with Crippen LogP contribution >= 0.6 is 0 Å². The molecule has 2 rings (SSSR count). The molecule has 0 radical (unpaired) electrons. The Kier molecular flexibility index (Phi) is 65.5. The summed E-state index contributed by atoms with van der Waals surface area (Å²) < 4.78 is 42.7. The molecule has 0 spiro atoms. The fraction of sp³-hybridized carbons (Fsp3) is 0.667. The van der Waals surface area contributed by atoms with E-state index in [-0.39, 0.29) is 107 Å². The van der Waals surface area contributed by atoms with Crippen molar-refractivity contribution in [3.8, 4) is 0 Å². The van der Waals surface area contributed by atoms with E-state index in [4.69, 9.17) is 74.1 Å². The van der Waals surface area contributed by atoms with Gasteiger partial charge in [0, 0.05) is 19.6 Å². The monoisotopic (exact) mass is 1380 g/mol. The minimum Gasteiger partial charge on any atom is -0.480 e.